The quantitative estimate of drug-likeness (QED) is 0.422. The normalized spacial score (nSPS) is 12.7. The molecule has 0 spiro atoms. The van der Waals surface area contributed by atoms with E-state index in [1.807, 2.05) is 20.8 Å². The first kappa shape index (κ1) is 23.5. The summed E-state index contributed by atoms with van der Waals surface area (Å²) in [6.45, 7) is 6.67. The van der Waals surface area contributed by atoms with Crippen molar-refractivity contribution in [2.75, 3.05) is 0 Å². The highest BCUT2D eigenvalue weighted by Gasteiger charge is 2.35. The fourth-order valence-corrected chi connectivity index (χ4v) is 2.94. The third kappa shape index (κ3) is 6.64. The topological polar surface area (TPSA) is 115 Å². The van der Waals surface area contributed by atoms with E-state index in [9.17, 15) is 13.2 Å². The molecule has 2 rings (SSSR count). The summed E-state index contributed by atoms with van der Waals surface area (Å²) in [7, 11) is 0. The van der Waals surface area contributed by atoms with Gasteiger partial charge in [-0.2, -0.15) is 18.2 Å². The zero-order valence-electron chi connectivity index (χ0n) is 16.8. The fraction of sp³-hybridized carbons (Fsp3) is 0.300. The Bertz CT molecular complexity index is 956. The maximum Gasteiger partial charge on any atom is 0.417 e. The predicted octanol–water partition coefficient (Wildman–Crippen LogP) is 4.13. The SMILES string of the molecule is CC(C)(C)NCc1ccc(-c2c(Cl)cc(N=C(N)N=C(N)N)cc2C(F)(F)F)cc1. The first-order valence-corrected chi connectivity index (χ1v) is 9.33. The summed E-state index contributed by atoms with van der Waals surface area (Å²) in [6.07, 6.45) is -4.66. The summed E-state index contributed by atoms with van der Waals surface area (Å²) in [4.78, 5) is 7.27. The second-order valence-electron chi connectivity index (χ2n) is 7.66. The third-order valence-corrected chi connectivity index (χ3v) is 4.23. The average Bonchev–Trinajstić information content (AvgIpc) is 2.58. The Morgan fingerprint density at radius 2 is 1.63 bits per heavy atom. The van der Waals surface area contributed by atoms with Crippen LogP contribution in [0.1, 0.15) is 31.9 Å². The predicted molar refractivity (Wildman–Crippen MR) is 116 cm³/mol. The Labute approximate surface area is 178 Å². The summed E-state index contributed by atoms with van der Waals surface area (Å²) in [5, 5.41) is 3.20. The lowest BCUT2D eigenvalue weighted by atomic mass is 9.97. The molecule has 0 unspecified atom stereocenters. The number of nitrogens with two attached hydrogens (primary N) is 3. The van der Waals surface area contributed by atoms with E-state index in [0.717, 1.165) is 11.6 Å². The first-order valence-electron chi connectivity index (χ1n) is 8.95. The molecule has 0 saturated carbocycles. The molecule has 0 aliphatic rings. The van der Waals surface area contributed by atoms with Crippen LogP contribution in [-0.2, 0) is 12.7 Å². The van der Waals surface area contributed by atoms with Gasteiger partial charge in [-0.3, -0.25) is 0 Å². The molecule has 0 amide bonds. The van der Waals surface area contributed by atoms with Gasteiger partial charge in [0.25, 0.3) is 0 Å². The molecule has 6 nitrogen and oxygen atoms in total. The van der Waals surface area contributed by atoms with Crippen LogP contribution in [0.2, 0.25) is 5.02 Å². The molecule has 10 heteroatoms. The average molecular weight is 441 g/mol. The number of rotatable bonds is 4. The minimum atomic E-state index is -4.66. The van der Waals surface area contributed by atoms with Crippen LogP contribution in [0, 0.1) is 0 Å². The lowest BCUT2D eigenvalue weighted by Gasteiger charge is -2.21. The van der Waals surface area contributed by atoms with Gasteiger partial charge in [-0.15, -0.1) is 0 Å². The molecule has 0 atom stereocenters. The molecular weight excluding hydrogens is 417 g/mol. The van der Waals surface area contributed by atoms with Gasteiger partial charge in [0.15, 0.2) is 5.96 Å². The van der Waals surface area contributed by atoms with Crippen LogP contribution < -0.4 is 22.5 Å². The second kappa shape index (κ2) is 8.93. The number of hydrogen-bond donors (Lipinski definition) is 4. The Hall–Kier alpha value is -2.78. The van der Waals surface area contributed by atoms with Crippen LogP contribution in [0.5, 0.6) is 0 Å². The van der Waals surface area contributed by atoms with Crippen LogP contribution in [0.25, 0.3) is 11.1 Å². The van der Waals surface area contributed by atoms with Crippen LogP contribution in [0.4, 0.5) is 18.9 Å². The number of hydrogen-bond acceptors (Lipinski definition) is 2. The van der Waals surface area contributed by atoms with Crippen molar-refractivity contribution in [3.8, 4) is 11.1 Å². The number of benzene rings is 2. The van der Waals surface area contributed by atoms with E-state index in [4.69, 9.17) is 28.8 Å². The molecule has 0 aliphatic heterocycles. The molecular formula is C20H24ClF3N6. The molecule has 0 bridgehead atoms. The van der Waals surface area contributed by atoms with Gasteiger partial charge < -0.3 is 22.5 Å². The molecule has 0 saturated heterocycles. The minimum absolute atomic E-state index is 0.0811. The van der Waals surface area contributed by atoms with Gasteiger partial charge in [0.1, 0.15) is 0 Å². The van der Waals surface area contributed by atoms with Gasteiger partial charge in [-0.05, 0) is 44.0 Å². The first-order chi connectivity index (χ1) is 13.8. The van der Waals surface area contributed by atoms with Gasteiger partial charge in [-0.1, -0.05) is 35.9 Å². The number of nitrogens with zero attached hydrogens (tertiary/aromatic N) is 2. The van der Waals surface area contributed by atoms with E-state index in [1.165, 1.54) is 6.07 Å². The summed E-state index contributed by atoms with van der Waals surface area (Å²) in [5.74, 6) is -0.751. The van der Waals surface area contributed by atoms with Crippen LogP contribution in [0.3, 0.4) is 0 Å². The molecule has 2 aromatic rings. The Kier molecular flexibility index (Phi) is 6.99. The van der Waals surface area contributed by atoms with Crippen LogP contribution in [-0.4, -0.2) is 17.5 Å². The van der Waals surface area contributed by atoms with Crippen molar-refractivity contribution in [1.82, 2.24) is 5.32 Å². The number of alkyl halides is 3. The lowest BCUT2D eigenvalue weighted by molar-refractivity contribution is -0.137. The van der Waals surface area contributed by atoms with Crippen molar-refractivity contribution in [1.29, 1.82) is 0 Å². The highest BCUT2D eigenvalue weighted by Crippen LogP contribution is 2.43. The molecule has 0 fully saturated rings. The van der Waals surface area contributed by atoms with Gasteiger partial charge in [-0.25, -0.2) is 4.99 Å². The third-order valence-electron chi connectivity index (χ3n) is 3.93. The molecule has 0 heterocycles. The zero-order chi connectivity index (χ0) is 22.7. The van der Waals surface area contributed by atoms with Crippen molar-refractivity contribution in [2.24, 2.45) is 27.2 Å². The summed E-state index contributed by atoms with van der Waals surface area (Å²) < 4.78 is 41.3. The van der Waals surface area contributed by atoms with E-state index in [1.54, 1.807) is 24.3 Å². The van der Waals surface area contributed by atoms with E-state index >= 15 is 0 Å². The summed E-state index contributed by atoms with van der Waals surface area (Å²) in [5.41, 5.74) is 15.9. The lowest BCUT2D eigenvalue weighted by Crippen LogP contribution is -2.35. The summed E-state index contributed by atoms with van der Waals surface area (Å²) in [6, 6.07) is 8.85. The summed E-state index contributed by atoms with van der Waals surface area (Å²) >= 11 is 6.22. The van der Waals surface area contributed by atoms with Crippen LogP contribution in [0.15, 0.2) is 46.4 Å². The van der Waals surface area contributed by atoms with E-state index in [-0.39, 0.29) is 33.7 Å². The molecule has 7 N–H and O–H groups in total. The second-order valence-corrected chi connectivity index (χ2v) is 8.06. The van der Waals surface area contributed by atoms with Gasteiger partial charge in [0.05, 0.1) is 16.3 Å². The zero-order valence-corrected chi connectivity index (χ0v) is 17.6. The van der Waals surface area contributed by atoms with Gasteiger partial charge >= 0.3 is 6.18 Å². The van der Waals surface area contributed by atoms with E-state index in [0.29, 0.717) is 12.1 Å². The maximum absolute atomic E-state index is 13.8. The Morgan fingerprint density at radius 3 is 2.13 bits per heavy atom. The molecule has 0 radical (unpaired) electrons. The van der Waals surface area contributed by atoms with Crippen molar-refractivity contribution < 1.29 is 13.2 Å². The monoisotopic (exact) mass is 440 g/mol. The van der Waals surface area contributed by atoms with E-state index < -0.39 is 11.7 Å². The smallest absolute Gasteiger partial charge is 0.370 e. The molecule has 0 aromatic heterocycles. The van der Waals surface area contributed by atoms with Gasteiger partial charge in [0, 0.05) is 17.6 Å². The standard InChI is InChI=1S/C20H24ClF3N6/c1-19(2,3)28-10-11-4-6-12(7-5-11)16-14(20(22,23)24)8-13(9-15(16)21)29-18(27)30-17(25)26/h4-9,28H,10H2,1-3H3,(H6,25,26,27,29,30). The number of halogens is 4. The Balaban J connectivity index is 2.48. The van der Waals surface area contributed by atoms with Crippen molar-refractivity contribution in [3.05, 3.63) is 52.5 Å². The molecule has 162 valence electrons. The van der Waals surface area contributed by atoms with Crippen molar-refractivity contribution in [3.63, 3.8) is 0 Å². The highest BCUT2D eigenvalue weighted by molar-refractivity contribution is 6.33. The molecule has 2 aromatic carbocycles. The van der Waals surface area contributed by atoms with Crippen molar-refractivity contribution >= 4 is 29.2 Å². The fourth-order valence-electron chi connectivity index (χ4n) is 2.62. The van der Waals surface area contributed by atoms with Crippen LogP contribution >= 0.6 is 11.6 Å². The van der Waals surface area contributed by atoms with Crippen molar-refractivity contribution in [2.45, 2.75) is 39.0 Å². The number of guanidine groups is 2. The Morgan fingerprint density at radius 1 is 1.03 bits per heavy atom. The highest BCUT2D eigenvalue weighted by atomic mass is 35.5. The van der Waals surface area contributed by atoms with E-state index in [2.05, 4.69) is 15.3 Å². The number of aliphatic imine (C=N–C) groups is 2. The largest absolute Gasteiger partial charge is 0.417 e. The molecule has 30 heavy (non-hydrogen) atoms. The van der Waals surface area contributed by atoms with Gasteiger partial charge in [0.2, 0.25) is 5.96 Å². The molecule has 0 aliphatic carbocycles. The maximum atomic E-state index is 13.8. The number of nitrogens with one attached hydrogen (secondary N) is 1. The minimum Gasteiger partial charge on any atom is -0.370 e.